The summed E-state index contributed by atoms with van der Waals surface area (Å²) in [5.74, 6) is -0.200. The first-order valence-corrected chi connectivity index (χ1v) is 10.7. The highest BCUT2D eigenvalue weighted by atomic mass is 19.1. The van der Waals surface area contributed by atoms with Crippen molar-refractivity contribution in [2.75, 3.05) is 14.2 Å². The summed E-state index contributed by atoms with van der Waals surface area (Å²) < 4.78 is 30.6. The van der Waals surface area contributed by atoms with E-state index in [2.05, 4.69) is 5.10 Å². The van der Waals surface area contributed by atoms with Crippen molar-refractivity contribution in [1.82, 2.24) is 5.01 Å². The summed E-state index contributed by atoms with van der Waals surface area (Å²) in [4.78, 5) is 25.6. The van der Waals surface area contributed by atoms with Crippen LogP contribution in [0.25, 0.3) is 0 Å². The standard InChI is InChI=1S/C25H23FN2O5/c1-31-19-9-14(10-20(32-2)23(19)33-13-17-5-3-4-6-18(17)26)12-27-28-24(29)21-15-7-8-16(11-15)22(21)25(28)30/h3-10,12,15-16,21-22H,11,13H2,1-2H3. The summed E-state index contributed by atoms with van der Waals surface area (Å²) in [6.45, 7) is -0.0112. The zero-order valence-corrected chi connectivity index (χ0v) is 18.2. The van der Waals surface area contributed by atoms with Crippen LogP contribution in [0.4, 0.5) is 4.39 Å². The van der Waals surface area contributed by atoms with Crippen LogP contribution in [-0.4, -0.2) is 37.3 Å². The number of nitrogens with zero attached hydrogens (tertiary/aromatic N) is 2. The predicted octanol–water partition coefficient (Wildman–Crippen LogP) is 3.56. The van der Waals surface area contributed by atoms with Gasteiger partial charge in [0.25, 0.3) is 11.8 Å². The number of rotatable bonds is 7. The lowest BCUT2D eigenvalue weighted by Gasteiger charge is -2.16. The number of halogens is 1. The van der Waals surface area contributed by atoms with Crippen molar-refractivity contribution in [2.24, 2.45) is 28.8 Å². The molecule has 2 amide bonds. The van der Waals surface area contributed by atoms with Crippen LogP contribution >= 0.6 is 0 Å². The van der Waals surface area contributed by atoms with E-state index in [9.17, 15) is 14.0 Å². The molecule has 7 nitrogen and oxygen atoms in total. The fraction of sp³-hybridized carbons (Fsp3) is 0.320. The topological polar surface area (TPSA) is 77.4 Å². The predicted molar refractivity (Wildman–Crippen MR) is 117 cm³/mol. The van der Waals surface area contributed by atoms with Gasteiger partial charge < -0.3 is 14.2 Å². The molecule has 1 heterocycles. The van der Waals surface area contributed by atoms with Crippen LogP contribution in [0.5, 0.6) is 17.2 Å². The molecule has 0 aromatic heterocycles. The minimum Gasteiger partial charge on any atom is -0.493 e. The molecule has 2 aliphatic carbocycles. The van der Waals surface area contributed by atoms with Crippen LogP contribution in [0.15, 0.2) is 53.7 Å². The van der Waals surface area contributed by atoms with Gasteiger partial charge in [-0.25, -0.2) is 4.39 Å². The molecule has 2 aromatic rings. The Morgan fingerprint density at radius 1 is 1.03 bits per heavy atom. The lowest BCUT2D eigenvalue weighted by Crippen LogP contribution is -2.28. The van der Waals surface area contributed by atoms with Crippen molar-refractivity contribution in [3.63, 3.8) is 0 Å². The Morgan fingerprint density at radius 2 is 1.64 bits per heavy atom. The van der Waals surface area contributed by atoms with E-state index < -0.39 is 0 Å². The number of amides is 2. The zero-order chi connectivity index (χ0) is 23.1. The summed E-state index contributed by atoms with van der Waals surface area (Å²) >= 11 is 0. The summed E-state index contributed by atoms with van der Waals surface area (Å²) in [5, 5.41) is 5.19. The fourth-order valence-electron chi connectivity index (χ4n) is 5.01. The van der Waals surface area contributed by atoms with Crippen LogP contribution in [0.1, 0.15) is 17.5 Å². The van der Waals surface area contributed by atoms with Gasteiger partial charge in [0.05, 0.1) is 32.3 Å². The Hall–Kier alpha value is -3.68. The van der Waals surface area contributed by atoms with E-state index in [0.29, 0.717) is 28.4 Å². The van der Waals surface area contributed by atoms with Crippen molar-refractivity contribution >= 4 is 18.0 Å². The number of hydrazone groups is 1. The second-order valence-electron chi connectivity index (χ2n) is 8.37. The molecule has 3 aliphatic rings. The average Bonchev–Trinajstić information content (AvgIpc) is 3.51. The Balaban J connectivity index is 1.37. The van der Waals surface area contributed by atoms with E-state index >= 15 is 0 Å². The highest BCUT2D eigenvalue weighted by Crippen LogP contribution is 2.52. The second-order valence-corrected chi connectivity index (χ2v) is 8.37. The highest BCUT2D eigenvalue weighted by Gasteiger charge is 2.59. The zero-order valence-electron chi connectivity index (χ0n) is 18.2. The molecule has 1 saturated carbocycles. The van der Waals surface area contributed by atoms with Crippen molar-refractivity contribution in [2.45, 2.75) is 13.0 Å². The maximum Gasteiger partial charge on any atom is 0.254 e. The Labute approximate surface area is 190 Å². The number of carbonyl (C=O) groups excluding carboxylic acids is 2. The molecule has 2 fully saturated rings. The van der Waals surface area contributed by atoms with Gasteiger partial charge in [0, 0.05) is 11.1 Å². The van der Waals surface area contributed by atoms with E-state index in [1.807, 2.05) is 12.2 Å². The number of ether oxygens (including phenoxy) is 3. The van der Waals surface area contributed by atoms with Gasteiger partial charge in [-0.05, 0) is 36.5 Å². The quantitative estimate of drug-likeness (QED) is 0.366. The van der Waals surface area contributed by atoms with E-state index in [0.717, 1.165) is 11.4 Å². The van der Waals surface area contributed by atoms with Crippen LogP contribution < -0.4 is 14.2 Å². The Kier molecular flexibility index (Phi) is 5.36. The molecule has 0 spiro atoms. The highest BCUT2D eigenvalue weighted by molar-refractivity contribution is 6.06. The molecule has 4 atom stereocenters. The molecule has 4 unspecified atom stereocenters. The van der Waals surface area contributed by atoms with Crippen LogP contribution in [0, 0.1) is 29.5 Å². The first kappa shape index (κ1) is 21.2. The minimum atomic E-state index is -0.368. The lowest BCUT2D eigenvalue weighted by atomic mass is 9.85. The van der Waals surface area contributed by atoms with Crippen LogP contribution in [0.2, 0.25) is 0 Å². The maximum absolute atomic E-state index is 13.9. The van der Waals surface area contributed by atoms with Gasteiger partial charge in [0.2, 0.25) is 5.75 Å². The third kappa shape index (κ3) is 3.55. The maximum atomic E-state index is 13.9. The molecule has 0 radical (unpaired) electrons. The van der Waals surface area contributed by atoms with Gasteiger partial charge in [-0.15, -0.1) is 0 Å². The van der Waals surface area contributed by atoms with Gasteiger partial charge in [-0.2, -0.15) is 10.1 Å². The molecule has 33 heavy (non-hydrogen) atoms. The minimum absolute atomic E-state index is 0.0112. The van der Waals surface area contributed by atoms with Gasteiger partial charge in [-0.3, -0.25) is 9.59 Å². The van der Waals surface area contributed by atoms with Gasteiger partial charge in [0.15, 0.2) is 11.5 Å². The first-order valence-electron chi connectivity index (χ1n) is 10.7. The van der Waals surface area contributed by atoms with Crippen molar-refractivity contribution in [1.29, 1.82) is 0 Å². The number of allylic oxidation sites excluding steroid dienone is 2. The van der Waals surface area contributed by atoms with Crippen molar-refractivity contribution in [3.05, 3.63) is 65.5 Å². The summed E-state index contributed by atoms with van der Waals surface area (Å²) in [6.07, 6.45) is 6.38. The molecule has 2 aromatic carbocycles. The summed E-state index contributed by atoms with van der Waals surface area (Å²) in [7, 11) is 2.95. The number of carbonyl (C=O) groups is 2. The van der Waals surface area contributed by atoms with E-state index in [4.69, 9.17) is 14.2 Å². The smallest absolute Gasteiger partial charge is 0.254 e. The van der Waals surface area contributed by atoms with Gasteiger partial charge in [0.1, 0.15) is 12.4 Å². The molecular weight excluding hydrogens is 427 g/mol. The van der Waals surface area contributed by atoms with Crippen molar-refractivity contribution < 1.29 is 28.2 Å². The SMILES string of the molecule is COc1cc(C=NN2C(=O)C3C4C=CC(C4)C3C2=O)cc(OC)c1OCc1ccccc1F. The van der Waals surface area contributed by atoms with Gasteiger partial charge in [-0.1, -0.05) is 30.4 Å². The van der Waals surface area contributed by atoms with Crippen LogP contribution in [0.3, 0.4) is 0 Å². The van der Waals surface area contributed by atoms with E-state index in [1.54, 1.807) is 30.3 Å². The first-order chi connectivity index (χ1) is 16.0. The number of imide groups is 1. The summed E-state index contributed by atoms with van der Waals surface area (Å²) in [6, 6.07) is 9.64. The number of methoxy groups -OCH3 is 2. The van der Waals surface area contributed by atoms with E-state index in [1.165, 1.54) is 26.5 Å². The lowest BCUT2D eigenvalue weighted by molar-refractivity contribution is -0.140. The van der Waals surface area contributed by atoms with Gasteiger partial charge >= 0.3 is 0 Å². The molecule has 2 bridgehead atoms. The molecule has 5 rings (SSSR count). The molecule has 1 saturated heterocycles. The normalized spacial score (nSPS) is 25.2. The third-order valence-electron chi connectivity index (χ3n) is 6.58. The summed E-state index contributed by atoms with van der Waals surface area (Å²) in [5.41, 5.74) is 0.952. The van der Waals surface area contributed by atoms with Crippen molar-refractivity contribution in [3.8, 4) is 17.2 Å². The van der Waals surface area contributed by atoms with E-state index in [-0.39, 0.29) is 47.9 Å². The Bertz CT molecular complexity index is 1120. The Morgan fingerprint density at radius 3 is 2.21 bits per heavy atom. The molecule has 170 valence electrons. The molecule has 8 heteroatoms. The number of fused-ring (bicyclic) bond motifs is 5. The second kappa shape index (κ2) is 8.35. The largest absolute Gasteiger partial charge is 0.493 e. The average molecular weight is 450 g/mol. The third-order valence-corrected chi connectivity index (χ3v) is 6.58. The number of hydrogen-bond acceptors (Lipinski definition) is 6. The molecular formula is C25H23FN2O5. The molecule has 0 N–H and O–H groups in total. The number of hydrogen-bond donors (Lipinski definition) is 0. The van der Waals surface area contributed by atoms with Crippen LogP contribution in [-0.2, 0) is 16.2 Å². The number of benzene rings is 2. The molecule has 1 aliphatic heterocycles. The fourth-order valence-corrected chi connectivity index (χ4v) is 5.01. The monoisotopic (exact) mass is 450 g/mol.